The predicted octanol–water partition coefficient (Wildman–Crippen LogP) is 1.67. The molecule has 1 amide bonds. The Morgan fingerprint density at radius 3 is 3.00 bits per heavy atom. The Labute approximate surface area is 115 Å². The van der Waals surface area contributed by atoms with Gasteiger partial charge in [-0.25, -0.2) is 0 Å². The monoisotopic (exact) mass is 276 g/mol. The second kappa shape index (κ2) is 4.66. The summed E-state index contributed by atoms with van der Waals surface area (Å²) in [6.07, 6.45) is 2.63. The van der Waals surface area contributed by atoms with E-state index in [1.54, 1.807) is 4.90 Å². The minimum Gasteiger partial charge on any atom is -0.347 e. The van der Waals surface area contributed by atoms with Crippen LogP contribution in [0.1, 0.15) is 21.7 Å². The standard InChI is InChI=1S/C13H13ClN4O/c1-17-5-2-3-11(17)13(19)18-6-4-9-7-12(14)16-15-10(9)8-18/h2-3,5,7H,4,6,8H2,1H3. The largest absolute Gasteiger partial charge is 0.347 e. The smallest absolute Gasteiger partial charge is 0.270 e. The molecule has 19 heavy (non-hydrogen) atoms. The maximum absolute atomic E-state index is 12.4. The topological polar surface area (TPSA) is 51.0 Å². The summed E-state index contributed by atoms with van der Waals surface area (Å²) in [6.45, 7) is 1.17. The van der Waals surface area contributed by atoms with Crippen LogP contribution in [-0.4, -0.2) is 32.1 Å². The van der Waals surface area contributed by atoms with E-state index in [0.717, 1.165) is 17.7 Å². The highest BCUT2D eigenvalue weighted by Gasteiger charge is 2.24. The maximum atomic E-state index is 12.4. The lowest BCUT2D eigenvalue weighted by molar-refractivity contribution is 0.0721. The highest BCUT2D eigenvalue weighted by Crippen LogP contribution is 2.20. The van der Waals surface area contributed by atoms with Crippen molar-refractivity contribution in [3.05, 3.63) is 46.5 Å². The molecule has 0 saturated carbocycles. The maximum Gasteiger partial charge on any atom is 0.270 e. The molecule has 1 aliphatic rings. The van der Waals surface area contributed by atoms with Gasteiger partial charge in [0, 0.05) is 19.8 Å². The van der Waals surface area contributed by atoms with Crippen molar-refractivity contribution in [2.45, 2.75) is 13.0 Å². The van der Waals surface area contributed by atoms with Gasteiger partial charge < -0.3 is 9.47 Å². The zero-order valence-corrected chi connectivity index (χ0v) is 11.3. The molecule has 0 radical (unpaired) electrons. The summed E-state index contributed by atoms with van der Waals surface area (Å²) in [5, 5.41) is 8.32. The molecule has 1 aliphatic heterocycles. The molecule has 98 valence electrons. The third-order valence-electron chi connectivity index (χ3n) is 3.37. The van der Waals surface area contributed by atoms with Crippen LogP contribution in [0.25, 0.3) is 0 Å². The van der Waals surface area contributed by atoms with E-state index in [1.807, 2.05) is 36.0 Å². The quantitative estimate of drug-likeness (QED) is 0.796. The summed E-state index contributed by atoms with van der Waals surface area (Å²) in [6, 6.07) is 5.52. The molecule has 0 aliphatic carbocycles. The summed E-state index contributed by atoms with van der Waals surface area (Å²) in [5.74, 6) is 0.0231. The van der Waals surface area contributed by atoms with Crippen molar-refractivity contribution in [2.24, 2.45) is 7.05 Å². The Hall–Kier alpha value is -1.88. The molecule has 3 rings (SSSR count). The Bertz CT molecular complexity index is 637. The molecule has 3 heterocycles. The molecule has 2 aromatic heterocycles. The SMILES string of the molecule is Cn1cccc1C(=O)N1CCc2cc(Cl)nnc2C1. The Morgan fingerprint density at radius 1 is 1.42 bits per heavy atom. The van der Waals surface area contributed by atoms with Gasteiger partial charge in [-0.2, -0.15) is 5.10 Å². The van der Waals surface area contributed by atoms with Crippen molar-refractivity contribution in [1.82, 2.24) is 19.7 Å². The van der Waals surface area contributed by atoms with Gasteiger partial charge >= 0.3 is 0 Å². The van der Waals surface area contributed by atoms with Crippen LogP contribution in [0, 0.1) is 0 Å². The number of nitrogens with zero attached hydrogens (tertiary/aromatic N) is 4. The van der Waals surface area contributed by atoms with Gasteiger partial charge in [-0.05, 0) is 30.2 Å². The van der Waals surface area contributed by atoms with Crippen molar-refractivity contribution >= 4 is 17.5 Å². The number of halogens is 1. The van der Waals surface area contributed by atoms with E-state index >= 15 is 0 Å². The number of aryl methyl sites for hydroxylation is 1. The van der Waals surface area contributed by atoms with E-state index in [-0.39, 0.29) is 5.91 Å². The van der Waals surface area contributed by atoms with E-state index in [4.69, 9.17) is 11.6 Å². The van der Waals surface area contributed by atoms with Gasteiger partial charge in [-0.15, -0.1) is 5.10 Å². The number of rotatable bonds is 1. The number of carbonyl (C=O) groups is 1. The summed E-state index contributed by atoms with van der Waals surface area (Å²) in [7, 11) is 1.87. The van der Waals surface area contributed by atoms with Gasteiger partial charge in [0.2, 0.25) is 0 Å². The second-order valence-electron chi connectivity index (χ2n) is 4.62. The van der Waals surface area contributed by atoms with Crippen LogP contribution >= 0.6 is 11.6 Å². The molecule has 0 N–H and O–H groups in total. The van der Waals surface area contributed by atoms with Crippen LogP contribution < -0.4 is 0 Å². The van der Waals surface area contributed by atoms with Gasteiger partial charge in [0.05, 0.1) is 12.2 Å². The van der Waals surface area contributed by atoms with Crippen molar-refractivity contribution < 1.29 is 4.79 Å². The summed E-state index contributed by atoms with van der Waals surface area (Å²) >= 11 is 5.82. The number of fused-ring (bicyclic) bond motifs is 1. The van der Waals surface area contributed by atoms with Gasteiger partial charge in [-0.3, -0.25) is 4.79 Å². The molecule has 0 atom stereocenters. The fraction of sp³-hybridized carbons (Fsp3) is 0.308. The van der Waals surface area contributed by atoms with Crippen molar-refractivity contribution in [2.75, 3.05) is 6.54 Å². The lowest BCUT2D eigenvalue weighted by Crippen LogP contribution is -2.37. The molecule has 0 aromatic carbocycles. The molecular formula is C13H13ClN4O. The Balaban J connectivity index is 1.84. The number of carbonyl (C=O) groups excluding carboxylic acids is 1. The fourth-order valence-electron chi connectivity index (χ4n) is 2.31. The average molecular weight is 277 g/mol. The van der Waals surface area contributed by atoms with Crippen LogP contribution in [0.15, 0.2) is 24.4 Å². The molecule has 0 bridgehead atoms. The Kier molecular flexibility index (Phi) is 2.98. The molecule has 5 nitrogen and oxygen atoms in total. The Morgan fingerprint density at radius 2 is 2.26 bits per heavy atom. The minimum atomic E-state index is 0.0231. The lowest BCUT2D eigenvalue weighted by Gasteiger charge is -2.27. The van der Waals surface area contributed by atoms with Crippen molar-refractivity contribution in [3.63, 3.8) is 0 Å². The number of hydrogen-bond acceptors (Lipinski definition) is 3. The lowest BCUT2D eigenvalue weighted by atomic mass is 10.1. The molecule has 0 fully saturated rings. The van der Waals surface area contributed by atoms with Gasteiger partial charge in [-0.1, -0.05) is 11.6 Å². The molecule has 2 aromatic rings. The van der Waals surface area contributed by atoms with Crippen molar-refractivity contribution in [1.29, 1.82) is 0 Å². The first-order valence-corrected chi connectivity index (χ1v) is 6.44. The second-order valence-corrected chi connectivity index (χ2v) is 5.01. The molecule has 6 heteroatoms. The molecular weight excluding hydrogens is 264 g/mol. The zero-order valence-electron chi connectivity index (χ0n) is 10.5. The van der Waals surface area contributed by atoms with E-state index in [2.05, 4.69) is 10.2 Å². The number of amides is 1. The van der Waals surface area contributed by atoms with E-state index in [9.17, 15) is 4.79 Å². The highest BCUT2D eigenvalue weighted by atomic mass is 35.5. The van der Waals surface area contributed by atoms with E-state index in [0.29, 0.717) is 23.9 Å². The number of aromatic nitrogens is 3. The zero-order chi connectivity index (χ0) is 13.4. The summed E-state index contributed by atoms with van der Waals surface area (Å²) in [5.41, 5.74) is 2.60. The first-order chi connectivity index (χ1) is 9.15. The molecule has 0 unspecified atom stereocenters. The van der Waals surface area contributed by atoms with Crippen LogP contribution in [0.2, 0.25) is 5.15 Å². The first-order valence-electron chi connectivity index (χ1n) is 6.07. The van der Waals surface area contributed by atoms with Gasteiger partial charge in [0.25, 0.3) is 5.91 Å². The summed E-state index contributed by atoms with van der Waals surface area (Å²) in [4.78, 5) is 14.2. The predicted molar refractivity (Wildman–Crippen MR) is 70.9 cm³/mol. The van der Waals surface area contributed by atoms with Gasteiger partial charge in [0.15, 0.2) is 5.15 Å². The molecule has 0 saturated heterocycles. The number of hydrogen-bond donors (Lipinski definition) is 0. The van der Waals surface area contributed by atoms with Crippen LogP contribution in [0.3, 0.4) is 0 Å². The van der Waals surface area contributed by atoms with Crippen LogP contribution in [-0.2, 0) is 20.0 Å². The van der Waals surface area contributed by atoms with E-state index < -0.39 is 0 Å². The third kappa shape index (κ3) is 2.21. The van der Waals surface area contributed by atoms with Crippen molar-refractivity contribution in [3.8, 4) is 0 Å². The minimum absolute atomic E-state index is 0.0231. The normalized spacial score (nSPS) is 14.3. The van der Waals surface area contributed by atoms with Gasteiger partial charge in [0.1, 0.15) is 5.69 Å². The average Bonchev–Trinajstić information content (AvgIpc) is 2.83. The van der Waals surface area contributed by atoms with E-state index in [1.165, 1.54) is 0 Å². The first kappa shape index (κ1) is 12.2. The summed E-state index contributed by atoms with van der Waals surface area (Å²) < 4.78 is 1.82. The van der Waals surface area contributed by atoms with Crippen LogP contribution in [0.5, 0.6) is 0 Å². The molecule has 0 spiro atoms. The third-order valence-corrected chi connectivity index (χ3v) is 3.56. The fourth-order valence-corrected chi connectivity index (χ4v) is 2.48. The highest BCUT2D eigenvalue weighted by molar-refractivity contribution is 6.29. The van der Waals surface area contributed by atoms with Crippen LogP contribution in [0.4, 0.5) is 0 Å².